The molecule has 0 amide bonds. The first-order chi connectivity index (χ1) is 21.1. The van der Waals surface area contributed by atoms with Crippen molar-refractivity contribution < 1.29 is 19.4 Å². The molecule has 0 spiro atoms. The van der Waals surface area contributed by atoms with E-state index < -0.39 is 5.97 Å². The van der Waals surface area contributed by atoms with Gasteiger partial charge in [-0.15, -0.1) is 0 Å². The molecule has 1 N–H and O–H groups in total. The zero-order chi connectivity index (χ0) is 31.5. The Morgan fingerprint density at radius 3 is 1.42 bits per heavy atom. The Kier molecular flexibility index (Phi) is 31.8. The zero-order valence-corrected chi connectivity index (χ0v) is 27.7. The second-order valence-electron chi connectivity index (χ2n) is 11.3. The fourth-order valence-corrected chi connectivity index (χ4v) is 4.68. The van der Waals surface area contributed by atoms with E-state index in [1.54, 1.807) is 0 Å². The van der Waals surface area contributed by atoms with Gasteiger partial charge in [-0.05, 0) is 77.0 Å². The summed E-state index contributed by atoms with van der Waals surface area (Å²) in [5.41, 5.74) is 0. The number of unbranched alkanes of at least 4 members (excludes halogenated alkanes) is 9. The number of rotatable bonds is 30. The Balaban J connectivity index is 4.07. The van der Waals surface area contributed by atoms with E-state index in [0.717, 1.165) is 64.2 Å². The minimum atomic E-state index is -0.760. The van der Waals surface area contributed by atoms with Crippen molar-refractivity contribution >= 4 is 11.9 Å². The topological polar surface area (TPSA) is 63.6 Å². The number of carboxylic acid groups (broad SMARTS) is 1. The summed E-state index contributed by atoms with van der Waals surface area (Å²) < 4.78 is 5.81. The van der Waals surface area contributed by atoms with Crippen molar-refractivity contribution in [1.29, 1.82) is 0 Å². The van der Waals surface area contributed by atoms with Gasteiger partial charge in [0.2, 0.25) is 0 Å². The van der Waals surface area contributed by atoms with Crippen LogP contribution < -0.4 is 0 Å². The van der Waals surface area contributed by atoms with Gasteiger partial charge in [0.05, 0.1) is 0 Å². The lowest BCUT2D eigenvalue weighted by atomic mass is 10.0. The molecule has 0 radical (unpaired) electrons. The van der Waals surface area contributed by atoms with Crippen molar-refractivity contribution in [3.8, 4) is 0 Å². The zero-order valence-electron chi connectivity index (χ0n) is 27.7. The molecular weight excluding hydrogens is 532 g/mol. The SMILES string of the molecule is CC/C=C\C/C=C\C/C=C\C/C=C\C/C=C\C/C=C\CCC(=O)OC(CCCCCCCCCCC)CCCCC(=O)O. The molecule has 0 aromatic heterocycles. The standard InChI is InChI=1S/C39H64O4/c1-3-5-7-9-11-13-14-15-16-17-18-19-20-21-22-24-26-28-30-36-39(42)43-37(34-31-32-35-38(40)41)33-29-27-25-23-12-10-8-6-4-2/h5,7,11,13,15-16,18-19,21-22,26,28,37H,3-4,6,8-10,12,14,17,20,23-25,27,29-36H2,1-2H3,(H,40,41)/b7-5-,13-11-,16-15-,19-18-,22-21-,28-26-. The first-order valence-electron chi connectivity index (χ1n) is 17.4. The number of hydrogen-bond acceptors (Lipinski definition) is 3. The maximum Gasteiger partial charge on any atom is 0.306 e. The third kappa shape index (κ3) is 33.7. The average molecular weight is 597 g/mol. The van der Waals surface area contributed by atoms with Crippen LogP contribution in [0.25, 0.3) is 0 Å². The van der Waals surface area contributed by atoms with Crippen molar-refractivity contribution in [2.75, 3.05) is 0 Å². The Hall–Kier alpha value is -2.62. The van der Waals surface area contributed by atoms with Crippen LogP contribution in [0.5, 0.6) is 0 Å². The first-order valence-corrected chi connectivity index (χ1v) is 17.4. The summed E-state index contributed by atoms with van der Waals surface area (Å²) in [6.45, 7) is 4.40. The molecule has 4 nitrogen and oxygen atoms in total. The summed E-state index contributed by atoms with van der Waals surface area (Å²) in [5, 5.41) is 8.90. The van der Waals surface area contributed by atoms with Crippen LogP contribution in [0.2, 0.25) is 0 Å². The Labute approximate surface area is 265 Å². The van der Waals surface area contributed by atoms with Gasteiger partial charge >= 0.3 is 11.9 Å². The third-order valence-electron chi connectivity index (χ3n) is 7.21. The molecule has 0 saturated carbocycles. The summed E-state index contributed by atoms with van der Waals surface area (Å²) in [7, 11) is 0. The number of hydrogen-bond donors (Lipinski definition) is 1. The van der Waals surface area contributed by atoms with Crippen LogP contribution in [0, 0.1) is 0 Å². The number of carbonyl (C=O) groups is 2. The van der Waals surface area contributed by atoms with Crippen LogP contribution in [-0.2, 0) is 14.3 Å². The lowest BCUT2D eigenvalue weighted by molar-refractivity contribution is -0.150. The third-order valence-corrected chi connectivity index (χ3v) is 7.21. The van der Waals surface area contributed by atoms with E-state index in [9.17, 15) is 9.59 Å². The molecule has 0 rings (SSSR count). The largest absolute Gasteiger partial charge is 0.481 e. The summed E-state index contributed by atoms with van der Waals surface area (Å²) in [4.78, 5) is 23.3. The van der Waals surface area contributed by atoms with E-state index >= 15 is 0 Å². The molecule has 0 aliphatic rings. The molecule has 0 aromatic carbocycles. The first kappa shape index (κ1) is 40.4. The van der Waals surface area contributed by atoms with Crippen molar-refractivity contribution in [3.05, 3.63) is 72.9 Å². The predicted octanol–water partition coefficient (Wildman–Crippen LogP) is 11.9. The minimum Gasteiger partial charge on any atom is -0.481 e. The highest BCUT2D eigenvalue weighted by molar-refractivity contribution is 5.69. The Morgan fingerprint density at radius 2 is 0.953 bits per heavy atom. The summed E-state index contributed by atoms with van der Waals surface area (Å²) in [6, 6.07) is 0. The number of allylic oxidation sites excluding steroid dienone is 12. The van der Waals surface area contributed by atoms with E-state index in [2.05, 4.69) is 86.8 Å². The number of esters is 1. The van der Waals surface area contributed by atoms with Crippen molar-refractivity contribution in [2.24, 2.45) is 0 Å². The maximum atomic E-state index is 12.5. The molecule has 244 valence electrons. The number of carboxylic acids is 1. The van der Waals surface area contributed by atoms with Gasteiger partial charge in [0.25, 0.3) is 0 Å². The van der Waals surface area contributed by atoms with E-state index in [-0.39, 0.29) is 18.5 Å². The summed E-state index contributed by atoms with van der Waals surface area (Å²) in [6.07, 6.45) is 47.7. The van der Waals surface area contributed by atoms with Gasteiger partial charge in [0.1, 0.15) is 6.10 Å². The van der Waals surface area contributed by atoms with Crippen molar-refractivity contribution in [2.45, 2.75) is 161 Å². The molecule has 4 heteroatoms. The highest BCUT2D eigenvalue weighted by Crippen LogP contribution is 2.17. The minimum absolute atomic E-state index is 0.0869. The number of aliphatic carboxylic acids is 1. The molecule has 43 heavy (non-hydrogen) atoms. The Bertz CT molecular complexity index is 815. The van der Waals surface area contributed by atoms with Gasteiger partial charge < -0.3 is 9.84 Å². The molecule has 0 aliphatic carbocycles. The van der Waals surface area contributed by atoms with E-state index in [0.29, 0.717) is 19.3 Å². The van der Waals surface area contributed by atoms with Crippen LogP contribution in [-0.4, -0.2) is 23.1 Å². The van der Waals surface area contributed by atoms with Gasteiger partial charge in [-0.2, -0.15) is 0 Å². The van der Waals surface area contributed by atoms with Gasteiger partial charge in [-0.3, -0.25) is 9.59 Å². The number of carbonyl (C=O) groups excluding carboxylic acids is 1. The second-order valence-corrected chi connectivity index (χ2v) is 11.3. The monoisotopic (exact) mass is 596 g/mol. The molecule has 0 fully saturated rings. The maximum absolute atomic E-state index is 12.5. The highest BCUT2D eigenvalue weighted by Gasteiger charge is 2.14. The second kappa shape index (κ2) is 33.9. The van der Waals surface area contributed by atoms with Crippen LogP contribution >= 0.6 is 0 Å². The summed E-state index contributed by atoms with van der Waals surface area (Å²) in [5.74, 6) is -0.900. The normalized spacial score (nSPS) is 13.2. The van der Waals surface area contributed by atoms with Crippen LogP contribution in [0.1, 0.15) is 155 Å². The quantitative estimate of drug-likeness (QED) is 0.0509. The van der Waals surface area contributed by atoms with Crippen molar-refractivity contribution in [1.82, 2.24) is 0 Å². The van der Waals surface area contributed by atoms with Gasteiger partial charge in [0.15, 0.2) is 0 Å². The van der Waals surface area contributed by atoms with Crippen molar-refractivity contribution in [3.63, 3.8) is 0 Å². The highest BCUT2D eigenvalue weighted by atomic mass is 16.5. The van der Waals surface area contributed by atoms with E-state index in [4.69, 9.17) is 9.84 Å². The fraction of sp³-hybridized carbons (Fsp3) is 0.641. The summed E-state index contributed by atoms with van der Waals surface area (Å²) >= 11 is 0. The molecule has 1 atom stereocenters. The van der Waals surface area contributed by atoms with Gasteiger partial charge in [-0.25, -0.2) is 0 Å². The van der Waals surface area contributed by atoms with Crippen LogP contribution in [0.15, 0.2) is 72.9 Å². The van der Waals surface area contributed by atoms with Gasteiger partial charge in [0, 0.05) is 12.8 Å². The molecule has 0 heterocycles. The van der Waals surface area contributed by atoms with E-state index in [1.807, 2.05) is 0 Å². The smallest absolute Gasteiger partial charge is 0.306 e. The predicted molar refractivity (Wildman–Crippen MR) is 185 cm³/mol. The van der Waals surface area contributed by atoms with Gasteiger partial charge in [-0.1, -0.05) is 138 Å². The van der Waals surface area contributed by atoms with Crippen LogP contribution in [0.4, 0.5) is 0 Å². The lowest BCUT2D eigenvalue weighted by Gasteiger charge is -2.18. The lowest BCUT2D eigenvalue weighted by Crippen LogP contribution is -2.18. The van der Waals surface area contributed by atoms with E-state index in [1.165, 1.54) is 51.4 Å². The Morgan fingerprint density at radius 1 is 0.535 bits per heavy atom. The fourth-order valence-electron chi connectivity index (χ4n) is 4.68. The molecule has 0 aromatic rings. The molecule has 0 saturated heterocycles. The molecular formula is C39H64O4. The molecule has 0 aliphatic heterocycles. The average Bonchev–Trinajstić information content (AvgIpc) is 2.99. The molecule has 1 unspecified atom stereocenters. The molecule has 0 bridgehead atoms. The number of ether oxygens (including phenoxy) is 1. The van der Waals surface area contributed by atoms with Crippen LogP contribution in [0.3, 0.4) is 0 Å².